The number of nitro groups is 1. The number of benzene rings is 3. The summed E-state index contributed by atoms with van der Waals surface area (Å²) in [4.78, 5) is 38.3. The molecule has 2 fully saturated rings. The van der Waals surface area contributed by atoms with Crippen molar-refractivity contribution in [3.05, 3.63) is 106 Å². The molecule has 0 aromatic heterocycles. The highest BCUT2D eigenvalue weighted by Gasteiger charge is 2.77. The van der Waals surface area contributed by atoms with Crippen LogP contribution in [0, 0.1) is 15.5 Å². The van der Waals surface area contributed by atoms with Crippen LogP contribution in [-0.2, 0) is 15.0 Å². The summed E-state index contributed by atoms with van der Waals surface area (Å²) in [5.74, 6) is -0.517. The molecule has 0 bridgehead atoms. The van der Waals surface area contributed by atoms with Gasteiger partial charge in [0.15, 0.2) is 0 Å². The van der Waals surface area contributed by atoms with E-state index in [0.717, 1.165) is 11.1 Å². The third kappa shape index (κ3) is 2.37. The molecular formula is C24H18N2O4. The zero-order valence-corrected chi connectivity index (χ0v) is 16.0. The molecule has 30 heavy (non-hydrogen) atoms. The van der Waals surface area contributed by atoms with Gasteiger partial charge in [-0.15, -0.1) is 0 Å². The summed E-state index contributed by atoms with van der Waals surface area (Å²) >= 11 is 0. The summed E-state index contributed by atoms with van der Waals surface area (Å²) < 4.78 is 0. The number of carbonyl (C=O) groups is 2. The maximum atomic E-state index is 13.7. The van der Waals surface area contributed by atoms with Crippen molar-refractivity contribution < 1.29 is 14.5 Å². The number of carbonyl (C=O) groups excluding carboxylic acids is 2. The minimum atomic E-state index is -0.839. The van der Waals surface area contributed by atoms with E-state index < -0.39 is 15.8 Å². The summed E-state index contributed by atoms with van der Waals surface area (Å²) in [7, 11) is 0. The first-order chi connectivity index (χ1) is 14.5. The second-order valence-electron chi connectivity index (χ2n) is 7.88. The molecule has 1 saturated heterocycles. The van der Waals surface area contributed by atoms with Crippen molar-refractivity contribution >= 4 is 23.2 Å². The fourth-order valence-electron chi connectivity index (χ4n) is 4.97. The zero-order chi connectivity index (χ0) is 20.9. The second-order valence-corrected chi connectivity index (χ2v) is 7.88. The number of hydrogen-bond acceptors (Lipinski definition) is 4. The van der Waals surface area contributed by atoms with Crippen LogP contribution >= 0.6 is 0 Å². The van der Waals surface area contributed by atoms with Gasteiger partial charge in [-0.25, -0.2) is 0 Å². The fraction of sp³-hybridized carbons (Fsp3) is 0.167. The van der Waals surface area contributed by atoms with Crippen molar-refractivity contribution in [1.82, 2.24) is 0 Å². The normalized spacial score (nSPS) is 21.8. The van der Waals surface area contributed by atoms with Crippen molar-refractivity contribution in [3.63, 3.8) is 0 Å². The standard InChI is InChI=1S/C24H18N2O4/c27-21-15-23(22(28)25(21)19-11-13-20(14-12-19)26(29)30)16-24(23,17-7-3-1-4-8-17)18-9-5-2-6-10-18/h1-14H,15-16H2/t23-/m1/s1. The topological polar surface area (TPSA) is 80.5 Å². The largest absolute Gasteiger partial charge is 0.274 e. The predicted molar refractivity (Wildman–Crippen MR) is 111 cm³/mol. The van der Waals surface area contributed by atoms with Crippen molar-refractivity contribution in [1.29, 1.82) is 0 Å². The molecular weight excluding hydrogens is 380 g/mol. The van der Waals surface area contributed by atoms with Crippen LogP contribution in [-0.4, -0.2) is 16.7 Å². The summed E-state index contributed by atoms with van der Waals surface area (Å²) in [6.07, 6.45) is 0.675. The Hall–Kier alpha value is -3.80. The molecule has 1 aliphatic carbocycles. The second kappa shape index (κ2) is 6.35. The van der Waals surface area contributed by atoms with Crippen molar-refractivity contribution in [2.45, 2.75) is 18.3 Å². The summed E-state index contributed by atoms with van der Waals surface area (Å²) in [5, 5.41) is 10.9. The van der Waals surface area contributed by atoms with Crippen LogP contribution in [0.25, 0.3) is 0 Å². The van der Waals surface area contributed by atoms with Gasteiger partial charge in [-0.05, 0) is 29.7 Å². The first-order valence-electron chi connectivity index (χ1n) is 9.72. The molecule has 2 aliphatic rings. The molecule has 1 spiro atoms. The molecule has 0 unspecified atom stereocenters. The maximum absolute atomic E-state index is 13.7. The van der Waals surface area contributed by atoms with E-state index >= 15 is 0 Å². The van der Waals surface area contributed by atoms with Gasteiger partial charge in [0.2, 0.25) is 11.8 Å². The molecule has 1 atom stereocenters. The van der Waals surface area contributed by atoms with Crippen LogP contribution < -0.4 is 4.90 Å². The Morgan fingerprint density at radius 3 is 1.83 bits per heavy atom. The average Bonchev–Trinajstić information content (AvgIpc) is 3.38. The lowest BCUT2D eigenvalue weighted by atomic mass is 9.79. The highest BCUT2D eigenvalue weighted by molar-refractivity contribution is 6.25. The Morgan fingerprint density at radius 2 is 1.33 bits per heavy atom. The highest BCUT2D eigenvalue weighted by atomic mass is 16.6. The number of imide groups is 1. The van der Waals surface area contributed by atoms with Gasteiger partial charge in [0.1, 0.15) is 0 Å². The number of nitro benzene ring substituents is 1. The molecule has 6 heteroatoms. The number of nitrogens with zero attached hydrogens (tertiary/aromatic N) is 2. The van der Waals surface area contributed by atoms with Crippen LogP contribution in [0.1, 0.15) is 24.0 Å². The average molecular weight is 398 g/mol. The van der Waals surface area contributed by atoms with Gasteiger partial charge in [0.05, 0.1) is 16.0 Å². The molecule has 1 aliphatic heterocycles. The number of anilines is 1. The Bertz CT molecular complexity index is 1120. The Morgan fingerprint density at radius 1 is 0.800 bits per heavy atom. The van der Waals surface area contributed by atoms with Crippen LogP contribution in [0.5, 0.6) is 0 Å². The number of non-ortho nitro benzene ring substituents is 1. The molecule has 3 aromatic carbocycles. The molecule has 1 heterocycles. The molecule has 3 aromatic rings. The Kier molecular flexibility index (Phi) is 3.86. The first kappa shape index (κ1) is 18.2. The van der Waals surface area contributed by atoms with Crippen LogP contribution in [0.3, 0.4) is 0 Å². The van der Waals surface area contributed by atoms with Crippen molar-refractivity contribution in [2.24, 2.45) is 5.41 Å². The molecule has 0 radical (unpaired) electrons. The smallest absolute Gasteiger partial charge is 0.269 e. The molecule has 0 N–H and O–H groups in total. The molecule has 6 nitrogen and oxygen atoms in total. The van der Waals surface area contributed by atoms with E-state index in [1.807, 2.05) is 60.7 Å². The Balaban J connectivity index is 1.59. The van der Waals surface area contributed by atoms with Gasteiger partial charge in [0.25, 0.3) is 5.69 Å². The van der Waals surface area contributed by atoms with Gasteiger partial charge in [0, 0.05) is 24.0 Å². The van der Waals surface area contributed by atoms with Gasteiger partial charge in [-0.1, -0.05) is 60.7 Å². The highest BCUT2D eigenvalue weighted by Crippen LogP contribution is 2.72. The van der Waals surface area contributed by atoms with Crippen LogP contribution in [0.15, 0.2) is 84.9 Å². The van der Waals surface area contributed by atoms with Gasteiger partial charge >= 0.3 is 0 Å². The van der Waals surface area contributed by atoms with E-state index in [0.29, 0.717) is 12.1 Å². The molecule has 2 amide bonds. The zero-order valence-electron chi connectivity index (χ0n) is 16.0. The van der Waals surface area contributed by atoms with E-state index in [2.05, 4.69) is 0 Å². The predicted octanol–water partition coefficient (Wildman–Crippen LogP) is 4.23. The number of amides is 2. The summed E-state index contributed by atoms with van der Waals surface area (Å²) in [5.41, 5.74) is 0.925. The van der Waals surface area contributed by atoms with Crippen LogP contribution in [0.2, 0.25) is 0 Å². The summed E-state index contributed by atoms with van der Waals surface area (Å²) in [6.45, 7) is 0. The minimum absolute atomic E-state index is 0.0816. The fourth-order valence-corrected chi connectivity index (χ4v) is 4.97. The minimum Gasteiger partial charge on any atom is -0.274 e. The van der Waals surface area contributed by atoms with E-state index in [1.54, 1.807) is 0 Å². The van der Waals surface area contributed by atoms with Crippen LogP contribution in [0.4, 0.5) is 11.4 Å². The van der Waals surface area contributed by atoms with Gasteiger partial charge < -0.3 is 0 Å². The molecule has 148 valence electrons. The van der Waals surface area contributed by atoms with E-state index in [4.69, 9.17) is 0 Å². The lowest BCUT2D eigenvalue weighted by Gasteiger charge is -2.23. The van der Waals surface area contributed by atoms with E-state index in [9.17, 15) is 19.7 Å². The quantitative estimate of drug-likeness (QED) is 0.374. The Labute approximate surface area is 172 Å². The lowest BCUT2D eigenvalue weighted by molar-refractivity contribution is -0.384. The van der Waals surface area contributed by atoms with E-state index in [-0.39, 0.29) is 23.9 Å². The lowest BCUT2D eigenvalue weighted by Crippen LogP contribution is -2.33. The summed E-state index contributed by atoms with van der Waals surface area (Å²) in [6, 6.07) is 25.2. The first-order valence-corrected chi connectivity index (χ1v) is 9.72. The maximum Gasteiger partial charge on any atom is 0.269 e. The van der Waals surface area contributed by atoms with Crippen molar-refractivity contribution in [2.75, 3.05) is 4.90 Å². The number of hydrogen-bond donors (Lipinski definition) is 0. The van der Waals surface area contributed by atoms with Crippen molar-refractivity contribution in [3.8, 4) is 0 Å². The van der Waals surface area contributed by atoms with E-state index in [1.165, 1.54) is 29.2 Å². The third-order valence-electron chi connectivity index (χ3n) is 6.43. The SMILES string of the molecule is O=C1C[C@@]2(CC2(c2ccccc2)c2ccccc2)C(=O)N1c1ccc([N+](=O)[O-])cc1. The monoisotopic (exact) mass is 398 g/mol. The third-order valence-corrected chi connectivity index (χ3v) is 6.43. The van der Waals surface area contributed by atoms with Gasteiger partial charge in [-0.2, -0.15) is 0 Å². The van der Waals surface area contributed by atoms with Gasteiger partial charge in [-0.3, -0.25) is 24.6 Å². The number of rotatable bonds is 4. The molecule has 1 saturated carbocycles. The molecule has 5 rings (SSSR count).